The summed E-state index contributed by atoms with van der Waals surface area (Å²) in [5, 5.41) is 5.19. The average Bonchev–Trinajstić information content (AvgIpc) is 2.51. The van der Waals surface area contributed by atoms with E-state index in [1.54, 1.807) is 4.90 Å². The fraction of sp³-hybridized carbons (Fsp3) is 0.267. The first-order valence-corrected chi connectivity index (χ1v) is 7.40. The molecule has 0 aliphatic carbocycles. The molecule has 104 valence electrons. The summed E-state index contributed by atoms with van der Waals surface area (Å²) in [4.78, 5) is 13.9. The number of amides is 1. The van der Waals surface area contributed by atoms with E-state index < -0.39 is 0 Å². The molecule has 0 radical (unpaired) electrons. The van der Waals surface area contributed by atoms with Crippen molar-refractivity contribution in [2.75, 3.05) is 26.2 Å². The molecule has 1 fully saturated rings. The van der Waals surface area contributed by atoms with Gasteiger partial charge in [-0.3, -0.25) is 0 Å². The second-order valence-corrected chi connectivity index (χ2v) is 5.55. The monoisotopic (exact) mass is 334 g/mol. The summed E-state index contributed by atoms with van der Waals surface area (Å²) in [6, 6.07) is 11.6. The van der Waals surface area contributed by atoms with Gasteiger partial charge in [-0.15, -0.1) is 0 Å². The molecule has 5 heteroatoms. The molecule has 0 spiro atoms. The van der Waals surface area contributed by atoms with Gasteiger partial charge in [0.05, 0.1) is 0 Å². The third-order valence-corrected chi connectivity index (χ3v) is 4.09. The molecule has 0 aromatic heterocycles. The van der Waals surface area contributed by atoms with Gasteiger partial charge in [0, 0.05) is 36.0 Å². The van der Waals surface area contributed by atoms with E-state index >= 15 is 0 Å². The predicted octanol–water partition coefficient (Wildman–Crippen LogP) is 3.01. The second-order valence-electron chi connectivity index (χ2n) is 4.70. The van der Waals surface area contributed by atoms with Gasteiger partial charge in [0.15, 0.2) is 0 Å². The van der Waals surface area contributed by atoms with Crippen LogP contribution in [0.1, 0.15) is 0 Å². The lowest BCUT2D eigenvalue weighted by atomic mass is 10.1. The zero-order valence-electron chi connectivity index (χ0n) is 10.9. The van der Waals surface area contributed by atoms with E-state index in [4.69, 9.17) is 4.74 Å². The largest absolute Gasteiger partial charge is 0.415 e. The third kappa shape index (κ3) is 2.64. The molecule has 20 heavy (non-hydrogen) atoms. The van der Waals surface area contributed by atoms with Gasteiger partial charge >= 0.3 is 6.09 Å². The van der Waals surface area contributed by atoms with E-state index in [2.05, 4.69) is 21.2 Å². The summed E-state index contributed by atoms with van der Waals surface area (Å²) in [5.74, 6) is 0.604. The van der Waals surface area contributed by atoms with E-state index in [9.17, 15) is 4.79 Å². The Labute approximate surface area is 125 Å². The highest BCUT2D eigenvalue weighted by Gasteiger charge is 2.19. The van der Waals surface area contributed by atoms with Crippen LogP contribution in [0.4, 0.5) is 4.79 Å². The fourth-order valence-corrected chi connectivity index (χ4v) is 2.81. The number of carbonyl (C=O) groups is 1. The molecule has 0 saturated carbocycles. The molecular formula is C15H15BrN2O2. The molecule has 2 aromatic rings. The van der Waals surface area contributed by atoms with Crippen molar-refractivity contribution in [3.63, 3.8) is 0 Å². The smallest absolute Gasteiger partial charge is 0.410 e. The number of piperazine rings is 1. The van der Waals surface area contributed by atoms with E-state index in [1.165, 1.54) is 0 Å². The van der Waals surface area contributed by atoms with Crippen LogP contribution < -0.4 is 10.1 Å². The Hall–Kier alpha value is -1.59. The number of fused-ring (bicyclic) bond motifs is 1. The number of hydrogen-bond donors (Lipinski definition) is 1. The van der Waals surface area contributed by atoms with Crippen molar-refractivity contribution in [2.24, 2.45) is 0 Å². The average molecular weight is 335 g/mol. The van der Waals surface area contributed by atoms with Crippen molar-refractivity contribution in [3.05, 3.63) is 40.9 Å². The first kappa shape index (κ1) is 13.4. The molecule has 2 aromatic carbocycles. The predicted molar refractivity (Wildman–Crippen MR) is 82.1 cm³/mol. The summed E-state index contributed by atoms with van der Waals surface area (Å²) in [5.41, 5.74) is 0. The lowest BCUT2D eigenvalue weighted by Gasteiger charge is -2.26. The van der Waals surface area contributed by atoms with E-state index in [0.717, 1.165) is 28.3 Å². The van der Waals surface area contributed by atoms with Crippen molar-refractivity contribution in [2.45, 2.75) is 0 Å². The molecule has 0 atom stereocenters. The number of rotatable bonds is 1. The Morgan fingerprint density at radius 2 is 1.80 bits per heavy atom. The van der Waals surface area contributed by atoms with Gasteiger partial charge in [0.25, 0.3) is 0 Å². The summed E-state index contributed by atoms with van der Waals surface area (Å²) in [6.07, 6.45) is -0.279. The van der Waals surface area contributed by atoms with E-state index in [0.29, 0.717) is 18.8 Å². The Bertz CT molecular complexity index is 639. The van der Waals surface area contributed by atoms with Gasteiger partial charge in [-0.25, -0.2) is 4.79 Å². The van der Waals surface area contributed by atoms with Crippen LogP contribution >= 0.6 is 15.9 Å². The van der Waals surface area contributed by atoms with E-state index in [1.807, 2.05) is 36.4 Å². The maximum atomic E-state index is 12.2. The minimum Gasteiger partial charge on any atom is -0.410 e. The Morgan fingerprint density at radius 3 is 2.55 bits per heavy atom. The highest BCUT2D eigenvalue weighted by molar-refractivity contribution is 9.10. The molecule has 1 amide bonds. The van der Waals surface area contributed by atoms with Crippen LogP contribution in [0, 0.1) is 0 Å². The zero-order chi connectivity index (χ0) is 13.9. The zero-order valence-corrected chi connectivity index (χ0v) is 12.5. The number of nitrogens with zero attached hydrogens (tertiary/aromatic N) is 1. The Balaban J connectivity index is 1.87. The summed E-state index contributed by atoms with van der Waals surface area (Å²) in [6.45, 7) is 3.01. The van der Waals surface area contributed by atoms with Gasteiger partial charge in [-0.05, 0) is 17.5 Å². The maximum Gasteiger partial charge on any atom is 0.415 e. The molecule has 4 nitrogen and oxygen atoms in total. The lowest BCUT2D eigenvalue weighted by Crippen LogP contribution is -2.47. The number of hydrogen-bond acceptors (Lipinski definition) is 3. The topological polar surface area (TPSA) is 41.6 Å². The van der Waals surface area contributed by atoms with Crippen LogP contribution in [0.5, 0.6) is 5.75 Å². The number of ether oxygens (including phenoxy) is 1. The first-order valence-electron chi connectivity index (χ1n) is 6.60. The maximum absolute atomic E-state index is 12.2. The molecule has 3 rings (SSSR count). The normalized spacial score (nSPS) is 15.3. The first-order chi connectivity index (χ1) is 9.75. The number of carbonyl (C=O) groups excluding carboxylic acids is 1. The molecular weight excluding hydrogens is 320 g/mol. The van der Waals surface area contributed by atoms with Gasteiger partial charge in [0.1, 0.15) is 5.75 Å². The van der Waals surface area contributed by atoms with Crippen LogP contribution in [0.3, 0.4) is 0 Å². The molecule has 1 aliphatic heterocycles. The highest BCUT2D eigenvalue weighted by Crippen LogP contribution is 2.31. The van der Waals surface area contributed by atoms with Gasteiger partial charge < -0.3 is 15.0 Å². The molecule has 0 unspecified atom stereocenters. The van der Waals surface area contributed by atoms with E-state index in [-0.39, 0.29) is 6.09 Å². The van der Waals surface area contributed by atoms with Crippen molar-refractivity contribution in [1.82, 2.24) is 10.2 Å². The number of nitrogens with one attached hydrogen (secondary N) is 1. The molecule has 1 saturated heterocycles. The van der Waals surface area contributed by atoms with Gasteiger partial charge in [-0.2, -0.15) is 0 Å². The van der Waals surface area contributed by atoms with Crippen LogP contribution in [-0.4, -0.2) is 37.2 Å². The standard InChI is InChI=1S/C15H15BrN2O2/c16-13-5-6-14(12-4-2-1-3-11(12)13)20-15(19)18-9-7-17-8-10-18/h1-6,17H,7-10H2. The highest BCUT2D eigenvalue weighted by atomic mass is 79.9. The second kappa shape index (κ2) is 5.81. The van der Waals surface area contributed by atoms with Gasteiger partial charge in [-0.1, -0.05) is 40.2 Å². The summed E-state index contributed by atoms with van der Waals surface area (Å²) >= 11 is 3.51. The lowest BCUT2D eigenvalue weighted by molar-refractivity contribution is 0.146. The van der Waals surface area contributed by atoms with Gasteiger partial charge in [0.2, 0.25) is 0 Å². The summed E-state index contributed by atoms with van der Waals surface area (Å²) < 4.78 is 6.56. The van der Waals surface area contributed by atoms with Crippen molar-refractivity contribution in [3.8, 4) is 5.75 Å². The molecule has 0 bridgehead atoms. The minimum absolute atomic E-state index is 0.279. The molecule has 1 heterocycles. The van der Waals surface area contributed by atoms with Crippen molar-refractivity contribution in [1.29, 1.82) is 0 Å². The number of halogens is 1. The SMILES string of the molecule is O=C(Oc1ccc(Br)c2ccccc12)N1CCNCC1. The summed E-state index contributed by atoms with van der Waals surface area (Å²) in [7, 11) is 0. The quantitative estimate of drug-likeness (QED) is 0.871. The molecule has 1 aliphatic rings. The third-order valence-electron chi connectivity index (χ3n) is 3.40. The number of benzene rings is 2. The van der Waals surface area contributed by atoms with Crippen LogP contribution in [0.25, 0.3) is 10.8 Å². The molecule has 1 N–H and O–H groups in total. The van der Waals surface area contributed by atoms with Crippen molar-refractivity contribution < 1.29 is 9.53 Å². The van der Waals surface area contributed by atoms with Crippen LogP contribution in [0.2, 0.25) is 0 Å². The van der Waals surface area contributed by atoms with Crippen molar-refractivity contribution >= 4 is 32.8 Å². The minimum atomic E-state index is -0.279. The van der Waals surface area contributed by atoms with Crippen LogP contribution in [0.15, 0.2) is 40.9 Å². The Kier molecular flexibility index (Phi) is 3.89. The van der Waals surface area contributed by atoms with Crippen LogP contribution in [-0.2, 0) is 0 Å². The fourth-order valence-electron chi connectivity index (χ4n) is 2.33. The Morgan fingerprint density at radius 1 is 1.10 bits per heavy atom.